The van der Waals surface area contributed by atoms with Crippen LogP contribution in [-0.4, -0.2) is 66.4 Å². The van der Waals surface area contributed by atoms with Gasteiger partial charge in [0.15, 0.2) is 5.60 Å². The summed E-state index contributed by atoms with van der Waals surface area (Å²) in [6.07, 6.45) is 2.05. The van der Waals surface area contributed by atoms with Gasteiger partial charge in [0, 0.05) is 30.3 Å². The lowest BCUT2D eigenvalue weighted by Gasteiger charge is -2.36. The lowest BCUT2D eigenvalue weighted by molar-refractivity contribution is -0.150. The van der Waals surface area contributed by atoms with Crippen molar-refractivity contribution in [1.82, 2.24) is 4.90 Å². The lowest BCUT2D eigenvalue weighted by atomic mass is 9.82. The van der Waals surface area contributed by atoms with E-state index in [1.54, 1.807) is 20.8 Å². The Morgan fingerprint density at radius 1 is 1.21 bits per heavy atom. The van der Waals surface area contributed by atoms with Crippen LogP contribution < -0.4 is 9.80 Å². The third kappa shape index (κ3) is 4.03. The molecule has 4 aliphatic heterocycles. The maximum atomic E-state index is 14.0. The third-order valence-corrected chi connectivity index (χ3v) is 8.57. The molecule has 2 aromatic rings. The van der Waals surface area contributed by atoms with Crippen molar-refractivity contribution in [3.8, 4) is 0 Å². The molecular formula is C30H33N3O6. The fraction of sp³-hybridized carbons (Fsp3) is 0.433. The number of carbonyl (C=O) groups excluding carboxylic acids is 3. The Hall–Kier alpha value is -3.69. The minimum absolute atomic E-state index is 0.0972. The fourth-order valence-electron chi connectivity index (χ4n) is 6.65. The Balaban J connectivity index is 1.28. The van der Waals surface area contributed by atoms with E-state index >= 15 is 0 Å². The highest BCUT2D eigenvalue weighted by molar-refractivity contribution is 6.08. The molecule has 9 nitrogen and oxygen atoms in total. The Bertz CT molecular complexity index is 1340. The van der Waals surface area contributed by atoms with E-state index in [1.807, 2.05) is 49.4 Å². The first-order valence-electron chi connectivity index (χ1n) is 13.5. The number of cyclic esters (lactones) is 1. The summed E-state index contributed by atoms with van der Waals surface area (Å²) in [5.74, 6) is -0.478. The van der Waals surface area contributed by atoms with Crippen molar-refractivity contribution < 1.29 is 29.0 Å². The lowest BCUT2D eigenvalue weighted by Crippen LogP contribution is -2.47. The molecule has 2 aromatic carbocycles. The highest BCUT2D eigenvalue weighted by Crippen LogP contribution is 2.54. The number of amides is 3. The predicted octanol–water partition coefficient (Wildman–Crippen LogP) is 3.13. The van der Waals surface area contributed by atoms with Crippen molar-refractivity contribution >= 4 is 29.3 Å². The van der Waals surface area contributed by atoms with Gasteiger partial charge in [-0.25, -0.2) is 4.79 Å². The van der Waals surface area contributed by atoms with Gasteiger partial charge in [0.1, 0.15) is 6.61 Å². The van der Waals surface area contributed by atoms with Crippen molar-refractivity contribution in [3.63, 3.8) is 0 Å². The number of carbonyl (C=O) groups is 3. The number of aliphatic hydroxyl groups is 1. The van der Waals surface area contributed by atoms with Gasteiger partial charge in [-0.05, 0) is 42.2 Å². The van der Waals surface area contributed by atoms with Crippen molar-refractivity contribution in [3.05, 3.63) is 71.8 Å². The zero-order valence-electron chi connectivity index (χ0n) is 22.0. The van der Waals surface area contributed by atoms with Crippen LogP contribution in [0.25, 0.3) is 0 Å². The second-order valence-corrected chi connectivity index (χ2v) is 10.8. The number of nitrogens with zero attached hydrogens (tertiary/aromatic N) is 3. The first-order chi connectivity index (χ1) is 18.9. The summed E-state index contributed by atoms with van der Waals surface area (Å²) < 4.78 is 11.7. The van der Waals surface area contributed by atoms with Gasteiger partial charge in [0.2, 0.25) is 5.91 Å². The van der Waals surface area contributed by atoms with E-state index in [1.165, 1.54) is 0 Å². The minimum Gasteiger partial charge on any atom is -0.447 e. The largest absolute Gasteiger partial charge is 0.447 e. The molecule has 204 valence electrons. The zero-order chi connectivity index (χ0) is 27.3. The number of fused-ring (bicyclic) bond motifs is 3. The number of anilines is 2. The van der Waals surface area contributed by atoms with Crippen LogP contribution in [0.3, 0.4) is 0 Å². The van der Waals surface area contributed by atoms with Gasteiger partial charge in [-0.2, -0.15) is 0 Å². The van der Waals surface area contributed by atoms with Crippen LogP contribution in [0.4, 0.5) is 16.2 Å². The maximum Gasteiger partial charge on any atom is 0.414 e. The Morgan fingerprint density at radius 3 is 2.72 bits per heavy atom. The van der Waals surface area contributed by atoms with Crippen molar-refractivity contribution in [2.75, 3.05) is 36.1 Å². The molecule has 0 radical (unpaired) electrons. The summed E-state index contributed by atoms with van der Waals surface area (Å²) in [4.78, 5) is 44.8. The molecule has 39 heavy (non-hydrogen) atoms. The van der Waals surface area contributed by atoms with Crippen molar-refractivity contribution in [2.45, 2.75) is 50.5 Å². The Morgan fingerprint density at radius 2 is 2.00 bits per heavy atom. The monoisotopic (exact) mass is 531 g/mol. The Kier molecular flexibility index (Phi) is 6.43. The first-order valence-corrected chi connectivity index (χ1v) is 13.5. The van der Waals surface area contributed by atoms with Crippen LogP contribution in [0, 0.1) is 5.92 Å². The van der Waals surface area contributed by atoms with E-state index < -0.39 is 17.8 Å². The van der Waals surface area contributed by atoms with Gasteiger partial charge in [0.25, 0.3) is 5.91 Å². The zero-order valence-corrected chi connectivity index (χ0v) is 22.0. The number of ether oxygens (including phenoxy) is 2. The fourth-order valence-corrected chi connectivity index (χ4v) is 6.65. The summed E-state index contributed by atoms with van der Waals surface area (Å²) in [5, 5.41) is 10.0. The summed E-state index contributed by atoms with van der Waals surface area (Å²) in [5.41, 5.74) is 3.06. The smallest absolute Gasteiger partial charge is 0.414 e. The normalized spacial score (nSPS) is 27.6. The summed E-state index contributed by atoms with van der Waals surface area (Å²) in [6.45, 7) is 7.20. The molecule has 0 aliphatic carbocycles. The van der Waals surface area contributed by atoms with E-state index in [-0.39, 0.29) is 36.8 Å². The highest BCUT2D eigenvalue weighted by Gasteiger charge is 2.60. The van der Waals surface area contributed by atoms with E-state index in [2.05, 4.69) is 6.58 Å². The number of hydrogen-bond donors (Lipinski definition) is 1. The molecule has 1 N–H and O–H groups in total. The Labute approximate surface area is 227 Å². The van der Waals surface area contributed by atoms with Crippen LogP contribution in [0.5, 0.6) is 0 Å². The minimum atomic E-state index is -1.26. The molecule has 3 amide bonds. The van der Waals surface area contributed by atoms with Crippen LogP contribution in [0.15, 0.2) is 55.1 Å². The van der Waals surface area contributed by atoms with Gasteiger partial charge in [-0.3, -0.25) is 14.5 Å². The average Bonchev–Trinajstić information content (AvgIpc) is 3.58. The van der Waals surface area contributed by atoms with Crippen LogP contribution in [-0.2, 0) is 37.6 Å². The molecule has 4 atom stereocenters. The predicted molar refractivity (Wildman–Crippen MR) is 144 cm³/mol. The number of aliphatic hydroxyl groups excluding tert-OH is 1. The van der Waals surface area contributed by atoms with Gasteiger partial charge in [-0.15, -0.1) is 6.58 Å². The number of rotatable bonds is 6. The highest BCUT2D eigenvalue weighted by atomic mass is 16.6. The van der Waals surface area contributed by atoms with E-state index in [4.69, 9.17) is 9.47 Å². The third-order valence-electron chi connectivity index (χ3n) is 8.57. The molecule has 0 unspecified atom stereocenters. The quantitative estimate of drug-likeness (QED) is 0.575. The number of benzene rings is 2. The molecule has 6 rings (SSSR count). The van der Waals surface area contributed by atoms with E-state index in [0.717, 1.165) is 16.8 Å². The molecule has 2 saturated heterocycles. The van der Waals surface area contributed by atoms with Crippen LogP contribution >= 0.6 is 0 Å². The van der Waals surface area contributed by atoms with Crippen molar-refractivity contribution in [1.29, 1.82) is 0 Å². The molecule has 9 heteroatoms. The SMILES string of the molecule is C=CCN1C(=O)[C@]2(O[C@H](CC(=O)N3Cc4ccccc4C[C@H]3CO)C[C@@H]2C)c2cc(N3CCOC3=O)ccc21. The molecule has 4 aliphatic rings. The maximum absolute atomic E-state index is 14.0. The second-order valence-electron chi connectivity index (χ2n) is 10.8. The average molecular weight is 532 g/mol. The van der Waals surface area contributed by atoms with Crippen LogP contribution in [0.2, 0.25) is 0 Å². The molecule has 4 heterocycles. The molecule has 1 spiro atoms. The van der Waals surface area contributed by atoms with Crippen LogP contribution in [0.1, 0.15) is 36.5 Å². The van der Waals surface area contributed by atoms with E-state index in [9.17, 15) is 19.5 Å². The summed E-state index contributed by atoms with van der Waals surface area (Å²) in [7, 11) is 0. The summed E-state index contributed by atoms with van der Waals surface area (Å²) in [6, 6.07) is 13.2. The standard InChI is InChI=1S/C30H33N3O6/c1-3-10-32-26-9-8-22(31-11-12-38-29(31)37)15-25(26)30(28(32)36)19(2)13-24(39-30)16-27(35)33-17-21-7-5-4-6-20(21)14-23(33)18-34/h3-9,15,19,23-24,34H,1,10-14,16-18H2,2H3/t19-,23-,24-,30+/m0/s1. The van der Waals surface area contributed by atoms with Gasteiger partial charge >= 0.3 is 6.09 Å². The number of hydrogen-bond acceptors (Lipinski definition) is 6. The second kappa shape index (κ2) is 9.81. The van der Waals surface area contributed by atoms with Gasteiger partial charge in [0.05, 0.1) is 37.4 Å². The topological polar surface area (TPSA) is 99.6 Å². The first kappa shape index (κ1) is 25.6. The van der Waals surface area contributed by atoms with E-state index in [0.29, 0.717) is 50.3 Å². The molecule has 0 aromatic heterocycles. The van der Waals surface area contributed by atoms with Gasteiger partial charge in [-0.1, -0.05) is 37.3 Å². The molecule has 0 bridgehead atoms. The summed E-state index contributed by atoms with van der Waals surface area (Å²) >= 11 is 0. The van der Waals surface area contributed by atoms with Crippen molar-refractivity contribution in [2.24, 2.45) is 5.92 Å². The molecule has 2 fully saturated rings. The molecule has 0 saturated carbocycles. The van der Waals surface area contributed by atoms with Gasteiger partial charge < -0.3 is 24.4 Å². The molecular weight excluding hydrogens is 498 g/mol.